The molecule has 0 spiro atoms. The lowest BCUT2D eigenvalue weighted by Crippen LogP contribution is -2.44. The number of aliphatic carboxylic acids is 1. The molecule has 20 heavy (non-hydrogen) atoms. The zero-order valence-electron chi connectivity index (χ0n) is 12.0. The summed E-state index contributed by atoms with van der Waals surface area (Å²) in [7, 11) is 0. The summed E-state index contributed by atoms with van der Waals surface area (Å²) in [6.45, 7) is 5.64. The number of carboxylic acid groups (broad SMARTS) is 1. The van der Waals surface area contributed by atoms with Gasteiger partial charge in [-0.25, -0.2) is 4.79 Å². The first-order valence-corrected chi connectivity index (χ1v) is 7.21. The van der Waals surface area contributed by atoms with E-state index in [4.69, 9.17) is 5.11 Å². The van der Waals surface area contributed by atoms with Crippen LogP contribution in [0.2, 0.25) is 0 Å². The van der Waals surface area contributed by atoms with Gasteiger partial charge in [0.25, 0.3) is 0 Å². The summed E-state index contributed by atoms with van der Waals surface area (Å²) in [6.07, 6.45) is 1.45. The first-order chi connectivity index (χ1) is 9.40. The van der Waals surface area contributed by atoms with E-state index in [1.165, 1.54) is 4.90 Å². The van der Waals surface area contributed by atoms with E-state index in [0.717, 1.165) is 6.42 Å². The van der Waals surface area contributed by atoms with Gasteiger partial charge in [-0.2, -0.15) is 0 Å². The number of carboxylic acids is 1. The van der Waals surface area contributed by atoms with Gasteiger partial charge in [0.2, 0.25) is 11.8 Å². The fourth-order valence-electron chi connectivity index (χ4n) is 3.08. The van der Waals surface area contributed by atoms with E-state index >= 15 is 0 Å². The lowest BCUT2D eigenvalue weighted by atomic mass is 10.1. The van der Waals surface area contributed by atoms with Crippen LogP contribution < -0.4 is 0 Å². The summed E-state index contributed by atoms with van der Waals surface area (Å²) in [4.78, 5) is 38.6. The molecule has 1 N–H and O–H groups in total. The fraction of sp³-hybridized carbons (Fsp3) is 0.786. The molecule has 6 nitrogen and oxygen atoms in total. The highest BCUT2D eigenvalue weighted by molar-refractivity contribution is 5.91. The van der Waals surface area contributed by atoms with Crippen LogP contribution in [0.5, 0.6) is 0 Å². The second-order valence-corrected chi connectivity index (χ2v) is 6.12. The highest BCUT2D eigenvalue weighted by Crippen LogP contribution is 2.26. The Morgan fingerprint density at radius 2 is 2.10 bits per heavy atom. The molecule has 2 amide bonds. The smallest absolute Gasteiger partial charge is 0.326 e. The molecule has 0 bridgehead atoms. The molecule has 2 atom stereocenters. The topological polar surface area (TPSA) is 77.9 Å². The Balaban J connectivity index is 2.00. The van der Waals surface area contributed by atoms with Crippen molar-refractivity contribution in [3.05, 3.63) is 0 Å². The third-order valence-electron chi connectivity index (χ3n) is 3.97. The molecule has 0 aromatic rings. The highest BCUT2D eigenvalue weighted by atomic mass is 16.4. The van der Waals surface area contributed by atoms with Crippen LogP contribution in [0, 0.1) is 11.8 Å². The zero-order valence-corrected chi connectivity index (χ0v) is 12.0. The monoisotopic (exact) mass is 282 g/mol. The third-order valence-corrected chi connectivity index (χ3v) is 3.97. The van der Waals surface area contributed by atoms with Crippen molar-refractivity contribution in [2.45, 2.75) is 39.2 Å². The van der Waals surface area contributed by atoms with Crippen molar-refractivity contribution < 1.29 is 19.5 Å². The molecule has 2 aliphatic heterocycles. The molecule has 2 unspecified atom stereocenters. The number of rotatable bonds is 4. The molecule has 0 aliphatic carbocycles. The average molecular weight is 282 g/mol. The Morgan fingerprint density at radius 3 is 2.70 bits per heavy atom. The van der Waals surface area contributed by atoms with Gasteiger partial charge in [-0.1, -0.05) is 13.8 Å². The second kappa shape index (κ2) is 5.81. The van der Waals surface area contributed by atoms with Gasteiger partial charge in [0.15, 0.2) is 0 Å². The predicted molar refractivity (Wildman–Crippen MR) is 71.9 cm³/mol. The predicted octanol–water partition coefficient (Wildman–Crippen LogP) is 0.566. The number of likely N-dealkylation sites (tertiary alicyclic amines) is 2. The van der Waals surface area contributed by atoms with Gasteiger partial charge < -0.3 is 14.9 Å². The first kappa shape index (κ1) is 14.8. The summed E-state index contributed by atoms with van der Waals surface area (Å²) < 4.78 is 0. The Kier molecular flexibility index (Phi) is 4.30. The Bertz CT molecular complexity index is 421. The Morgan fingerprint density at radius 1 is 1.40 bits per heavy atom. The second-order valence-electron chi connectivity index (χ2n) is 6.12. The van der Waals surface area contributed by atoms with E-state index < -0.39 is 12.0 Å². The van der Waals surface area contributed by atoms with Crippen molar-refractivity contribution in [3.8, 4) is 0 Å². The van der Waals surface area contributed by atoms with Crippen LogP contribution in [0.15, 0.2) is 0 Å². The molecule has 2 saturated heterocycles. The molecule has 0 aromatic carbocycles. The van der Waals surface area contributed by atoms with Crippen LogP contribution in [-0.2, 0) is 14.4 Å². The van der Waals surface area contributed by atoms with Gasteiger partial charge in [-0.15, -0.1) is 0 Å². The van der Waals surface area contributed by atoms with Crippen molar-refractivity contribution in [1.29, 1.82) is 0 Å². The van der Waals surface area contributed by atoms with Crippen LogP contribution >= 0.6 is 0 Å². The third kappa shape index (κ3) is 2.94. The summed E-state index contributed by atoms with van der Waals surface area (Å²) in [6, 6.07) is -0.711. The van der Waals surface area contributed by atoms with Gasteiger partial charge in [0, 0.05) is 26.1 Å². The molecule has 0 saturated carbocycles. The van der Waals surface area contributed by atoms with E-state index in [2.05, 4.69) is 0 Å². The Hall–Kier alpha value is -1.59. The van der Waals surface area contributed by atoms with Crippen LogP contribution in [0.4, 0.5) is 0 Å². The number of hydrogen-bond donors (Lipinski definition) is 1. The fourth-order valence-corrected chi connectivity index (χ4v) is 3.08. The van der Waals surface area contributed by atoms with Crippen LogP contribution in [0.25, 0.3) is 0 Å². The normalized spacial score (nSPS) is 26.6. The molecule has 2 fully saturated rings. The first-order valence-electron chi connectivity index (χ1n) is 7.21. The SMILES string of the molecule is CC(C)CN1CC(C(=O)N2CCCC2C(=O)O)CC1=O. The van der Waals surface area contributed by atoms with Gasteiger partial charge >= 0.3 is 5.97 Å². The average Bonchev–Trinajstić information content (AvgIpc) is 2.95. The lowest BCUT2D eigenvalue weighted by molar-refractivity contribution is -0.149. The van der Waals surface area contributed by atoms with Gasteiger partial charge in [-0.3, -0.25) is 9.59 Å². The summed E-state index contributed by atoms with van der Waals surface area (Å²) >= 11 is 0. The number of amides is 2. The van der Waals surface area contributed by atoms with E-state index in [9.17, 15) is 14.4 Å². The van der Waals surface area contributed by atoms with Crippen molar-refractivity contribution in [3.63, 3.8) is 0 Å². The molecular formula is C14H22N2O4. The molecule has 6 heteroatoms. The molecular weight excluding hydrogens is 260 g/mol. The highest BCUT2D eigenvalue weighted by Gasteiger charge is 2.41. The quantitative estimate of drug-likeness (QED) is 0.817. The van der Waals surface area contributed by atoms with Crippen LogP contribution in [0.1, 0.15) is 33.1 Å². The number of carbonyl (C=O) groups excluding carboxylic acids is 2. The van der Waals surface area contributed by atoms with E-state index in [1.807, 2.05) is 13.8 Å². The largest absolute Gasteiger partial charge is 0.480 e. The molecule has 2 rings (SSSR count). The molecule has 2 aliphatic rings. The standard InChI is InChI=1S/C14H22N2O4/c1-9(2)7-15-8-10(6-12(15)17)13(18)16-5-3-4-11(16)14(19)20/h9-11H,3-8H2,1-2H3,(H,19,20). The number of hydrogen-bond acceptors (Lipinski definition) is 3. The zero-order chi connectivity index (χ0) is 14.9. The maximum absolute atomic E-state index is 12.4. The summed E-state index contributed by atoms with van der Waals surface area (Å²) in [5, 5.41) is 9.13. The van der Waals surface area contributed by atoms with Gasteiger partial charge in [0.1, 0.15) is 6.04 Å². The lowest BCUT2D eigenvalue weighted by Gasteiger charge is -2.25. The summed E-state index contributed by atoms with van der Waals surface area (Å²) in [5.74, 6) is -1.12. The Labute approximate surface area is 118 Å². The summed E-state index contributed by atoms with van der Waals surface area (Å²) in [5.41, 5.74) is 0. The van der Waals surface area contributed by atoms with E-state index in [0.29, 0.717) is 32.0 Å². The maximum atomic E-state index is 12.4. The minimum Gasteiger partial charge on any atom is -0.480 e. The van der Waals surface area contributed by atoms with E-state index in [1.54, 1.807) is 4.90 Å². The van der Waals surface area contributed by atoms with Crippen molar-refractivity contribution in [1.82, 2.24) is 9.80 Å². The van der Waals surface area contributed by atoms with Crippen molar-refractivity contribution in [2.24, 2.45) is 11.8 Å². The van der Waals surface area contributed by atoms with Crippen LogP contribution in [-0.4, -0.2) is 58.4 Å². The molecule has 0 radical (unpaired) electrons. The minimum absolute atomic E-state index is 0.00289. The van der Waals surface area contributed by atoms with Crippen molar-refractivity contribution in [2.75, 3.05) is 19.6 Å². The van der Waals surface area contributed by atoms with Gasteiger partial charge in [-0.05, 0) is 18.8 Å². The van der Waals surface area contributed by atoms with Crippen molar-refractivity contribution >= 4 is 17.8 Å². The van der Waals surface area contributed by atoms with Gasteiger partial charge in [0.05, 0.1) is 5.92 Å². The molecule has 0 aromatic heterocycles. The minimum atomic E-state index is -0.945. The molecule has 2 heterocycles. The maximum Gasteiger partial charge on any atom is 0.326 e. The number of nitrogens with zero attached hydrogens (tertiary/aromatic N) is 2. The number of carbonyl (C=O) groups is 3. The van der Waals surface area contributed by atoms with Crippen LogP contribution in [0.3, 0.4) is 0 Å². The molecule has 112 valence electrons. The van der Waals surface area contributed by atoms with E-state index in [-0.39, 0.29) is 24.2 Å².